The van der Waals surface area contributed by atoms with E-state index in [0.717, 1.165) is 24.3 Å². The van der Waals surface area contributed by atoms with Crippen molar-refractivity contribution in [3.8, 4) is 0 Å². The van der Waals surface area contributed by atoms with E-state index in [2.05, 4.69) is 14.4 Å². The van der Waals surface area contributed by atoms with E-state index in [1.807, 2.05) is 21.0 Å². The summed E-state index contributed by atoms with van der Waals surface area (Å²) in [6, 6.07) is 0. The molecule has 4 heterocycles. The number of Topliss-reactive ketones (excluding diaryl/α,β-unsaturated/α-hetero) is 2. The number of nitrogens with two attached hydrogens (primary N) is 3. The Kier molecular flexibility index (Phi) is 21.3. The highest BCUT2D eigenvalue weighted by atomic mass is 32.2. The lowest BCUT2D eigenvalue weighted by Crippen LogP contribution is -2.61. The highest BCUT2D eigenvalue weighted by Crippen LogP contribution is 2.47. The number of aliphatic carboxylic acids is 2. The monoisotopic (exact) mass is 904 g/mol. The highest BCUT2D eigenvalue weighted by molar-refractivity contribution is 8.01. The lowest BCUT2D eigenvalue weighted by Gasteiger charge is -2.49. The van der Waals surface area contributed by atoms with E-state index in [1.54, 1.807) is 11.8 Å². The number of fused-ring (bicyclic) bond motifs is 2. The van der Waals surface area contributed by atoms with Crippen molar-refractivity contribution in [2.45, 2.75) is 93.3 Å². The van der Waals surface area contributed by atoms with Gasteiger partial charge in [-0.15, -0.1) is 35.3 Å². The van der Waals surface area contributed by atoms with Gasteiger partial charge in [-0.1, -0.05) is 0 Å². The van der Waals surface area contributed by atoms with Crippen molar-refractivity contribution in [1.29, 1.82) is 0 Å². The van der Waals surface area contributed by atoms with Gasteiger partial charge in [0.05, 0.1) is 22.6 Å². The summed E-state index contributed by atoms with van der Waals surface area (Å²) in [5.74, 6) is -0.963. The molecule has 4 aliphatic rings. The van der Waals surface area contributed by atoms with E-state index in [4.69, 9.17) is 17.2 Å². The Bertz CT molecular complexity index is 1610. The molecule has 7 atom stereocenters. The van der Waals surface area contributed by atoms with Crippen molar-refractivity contribution in [3.05, 3.63) is 22.5 Å². The summed E-state index contributed by atoms with van der Waals surface area (Å²) in [5.41, 5.74) is 18.4. The Morgan fingerprint density at radius 3 is 1.63 bits per heavy atom. The number of thioether (sulfide) groups is 4. The number of carbonyl (C=O) groups excluding carboxylic acids is 6. The zero-order valence-corrected chi connectivity index (χ0v) is 36.8. The van der Waals surface area contributed by atoms with Crippen LogP contribution >= 0.6 is 47.0 Å². The van der Waals surface area contributed by atoms with Crippen LogP contribution in [0.5, 0.6) is 0 Å². The van der Waals surface area contributed by atoms with Crippen LogP contribution in [0.3, 0.4) is 0 Å². The predicted octanol–water partition coefficient (Wildman–Crippen LogP) is 1.61. The lowest BCUT2D eigenvalue weighted by molar-refractivity contribution is -0.154. The molecule has 22 heteroatoms. The molecule has 0 aromatic heterocycles. The van der Waals surface area contributed by atoms with Crippen LogP contribution in [0, 0.1) is 11.8 Å². The number of nitrogens with zero attached hydrogens (tertiary/aromatic N) is 3. The quantitative estimate of drug-likeness (QED) is 0.0339. The number of β-lactam (4-membered cyclic amide) rings is 2. The smallest absolute Gasteiger partial charge is 0.352 e. The average molecular weight is 905 g/mol. The highest BCUT2D eigenvalue weighted by Gasteiger charge is 2.54. The van der Waals surface area contributed by atoms with Gasteiger partial charge in [0.15, 0.2) is 12.5 Å². The first-order chi connectivity index (χ1) is 28.0. The van der Waals surface area contributed by atoms with Crippen molar-refractivity contribution in [2.24, 2.45) is 29.0 Å². The van der Waals surface area contributed by atoms with Crippen LogP contribution in [0.15, 0.2) is 22.5 Å². The van der Waals surface area contributed by atoms with Gasteiger partial charge in [0.2, 0.25) is 11.8 Å². The minimum Gasteiger partial charge on any atom is -0.477 e. The zero-order chi connectivity index (χ0) is 43.8. The number of amides is 2. The van der Waals surface area contributed by atoms with E-state index in [9.17, 15) is 48.6 Å². The van der Waals surface area contributed by atoms with Crippen LogP contribution in [0.25, 0.3) is 0 Å². The number of rotatable bonds is 27. The van der Waals surface area contributed by atoms with Gasteiger partial charge in [-0.05, 0) is 76.6 Å². The number of hydrogen-bond acceptors (Lipinski definition) is 18. The van der Waals surface area contributed by atoms with Gasteiger partial charge in [-0.3, -0.25) is 50.0 Å². The van der Waals surface area contributed by atoms with Gasteiger partial charge in [0.1, 0.15) is 23.0 Å². The van der Waals surface area contributed by atoms with E-state index < -0.39 is 36.2 Å². The Morgan fingerprint density at radius 1 is 0.797 bits per heavy atom. The number of ether oxygens (including phenoxy) is 2. The molecule has 0 aliphatic carbocycles. The standard InChI is InChI=1S/C20H31N3O6S2.C17H25N3O6S2/c1-22(2)7-4-8-30-10-13-11-31-19-15(18(26)23(19)17(13)20(27)28)9-14(25)5-3-6-16(21)29-12-24;1-9(18)27-6-10-7-28-16-12(15(23)20(16)14(10)17(24)25)5-11(22)3-2-4-13(19)26-8-21/h12,15-16,19H,3-11,21H2,1-2H3,(H,27,28);8-9,12-13,16H,2-7,18-19H2,1H3,(H,24,25). The zero-order valence-electron chi connectivity index (χ0n) is 33.5. The van der Waals surface area contributed by atoms with Crippen LogP contribution in [0.1, 0.15) is 64.7 Å². The molecule has 0 bridgehead atoms. The lowest BCUT2D eigenvalue weighted by atomic mass is 9.89. The first-order valence-corrected chi connectivity index (χ1v) is 23.4. The van der Waals surface area contributed by atoms with Gasteiger partial charge in [0, 0.05) is 54.1 Å². The third-order valence-corrected chi connectivity index (χ3v) is 14.6. The topological polar surface area (TPSA) is 283 Å². The molecule has 7 unspecified atom stereocenters. The minimum atomic E-state index is -1.13. The molecular formula is C37H56N6O12S4. The first-order valence-electron chi connectivity index (χ1n) is 19.1. The van der Waals surface area contributed by atoms with Gasteiger partial charge in [-0.2, -0.15) is 11.8 Å². The fourth-order valence-corrected chi connectivity index (χ4v) is 11.5. The van der Waals surface area contributed by atoms with Crippen molar-refractivity contribution in [1.82, 2.24) is 14.7 Å². The largest absolute Gasteiger partial charge is 0.477 e. The summed E-state index contributed by atoms with van der Waals surface area (Å²) >= 11 is 6.12. The maximum Gasteiger partial charge on any atom is 0.352 e. The van der Waals surface area contributed by atoms with Crippen molar-refractivity contribution in [2.75, 3.05) is 49.4 Å². The van der Waals surface area contributed by atoms with Crippen LogP contribution in [-0.2, 0) is 47.8 Å². The average Bonchev–Trinajstić information content (AvgIpc) is 3.17. The first kappa shape index (κ1) is 50.2. The molecule has 4 aliphatic heterocycles. The molecule has 0 aromatic rings. The Hall–Kier alpha value is -3.12. The van der Waals surface area contributed by atoms with Gasteiger partial charge in [-0.25, -0.2) is 9.59 Å². The molecule has 0 spiro atoms. The normalized spacial score (nSPS) is 22.5. The van der Waals surface area contributed by atoms with Crippen molar-refractivity contribution >= 4 is 95.3 Å². The molecule has 0 radical (unpaired) electrons. The van der Waals surface area contributed by atoms with Crippen LogP contribution in [-0.4, -0.2) is 151 Å². The number of carboxylic acids is 2. The van der Waals surface area contributed by atoms with Crippen molar-refractivity contribution < 1.29 is 58.0 Å². The summed E-state index contributed by atoms with van der Waals surface area (Å²) in [6.07, 6.45) is 1.84. The number of carboxylic acid groups (broad SMARTS) is 2. The second kappa shape index (κ2) is 25.0. The molecule has 0 aromatic carbocycles. The van der Waals surface area contributed by atoms with E-state index in [-0.39, 0.29) is 89.5 Å². The molecule has 8 N–H and O–H groups in total. The summed E-state index contributed by atoms with van der Waals surface area (Å²) in [6.45, 7) is 3.34. The fraction of sp³-hybridized carbons (Fsp3) is 0.676. The number of carbonyl (C=O) groups is 8. The van der Waals surface area contributed by atoms with Crippen molar-refractivity contribution in [3.63, 3.8) is 0 Å². The van der Waals surface area contributed by atoms with Crippen LogP contribution in [0.4, 0.5) is 0 Å². The number of ketones is 2. The summed E-state index contributed by atoms with van der Waals surface area (Å²) in [7, 11) is 4.03. The second-order valence-corrected chi connectivity index (χ2v) is 19.3. The van der Waals surface area contributed by atoms with E-state index in [0.29, 0.717) is 54.3 Å². The fourth-order valence-electron chi connectivity index (χ4n) is 6.74. The molecule has 18 nitrogen and oxygen atoms in total. The molecule has 330 valence electrons. The molecule has 2 amide bonds. The summed E-state index contributed by atoms with van der Waals surface area (Å²) in [5, 5.41) is 18.5. The van der Waals surface area contributed by atoms with E-state index in [1.165, 1.54) is 45.1 Å². The van der Waals surface area contributed by atoms with Crippen LogP contribution < -0.4 is 17.2 Å². The third kappa shape index (κ3) is 14.8. The Balaban J connectivity index is 0.000000317. The van der Waals surface area contributed by atoms with Crippen LogP contribution in [0.2, 0.25) is 0 Å². The maximum absolute atomic E-state index is 12.7. The second-order valence-electron chi connectivity index (χ2n) is 14.6. The molecule has 0 saturated carbocycles. The Morgan fingerprint density at radius 2 is 1.24 bits per heavy atom. The van der Waals surface area contributed by atoms with Gasteiger partial charge >= 0.3 is 11.9 Å². The molecule has 2 fully saturated rings. The van der Waals surface area contributed by atoms with Gasteiger partial charge in [0.25, 0.3) is 12.9 Å². The molecule has 4 rings (SSSR count). The predicted molar refractivity (Wildman–Crippen MR) is 226 cm³/mol. The van der Waals surface area contributed by atoms with Gasteiger partial charge < -0.3 is 30.3 Å². The van der Waals surface area contributed by atoms with E-state index >= 15 is 0 Å². The SMILES string of the molecule is CC(N)SCC1=C(C(=O)O)N2C(=O)C(CC(=O)CCCC(N)OC=O)C2SC1.CN(C)CCCSCC1=C(C(=O)O)N2C(=O)C(CC(=O)CCCC(N)OC=O)C2SC1. The summed E-state index contributed by atoms with van der Waals surface area (Å²) < 4.78 is 9.13. The third-order valence-electron chi connectivity index (χ3n) is 9.66. The molecular weight excluding hydrogens is 849 g/mol. The molecule has 59 heavy (non-hydrogen) atoms. The minimum absolute atomic E-state index is 0.0302. The number of hydrogen-bond donors (Lipinski definition) is 5. The maximum atomic E-state index is 12.7. The summed E-state index contributed by atoms with van der Waals surface area (Å²) in [4.78, 5) is 98.4. The molecule has 2 saturated heterocycles. The Labute approximate surface area is 360 Å².